The molecule has 3 fully saturated rings. The van der Waals surface area contributed by atoms with Crippen molar-refractivity contribution >= 4 is 11.8 Å². The topological polar surface area (TPSA) is 112 Å². The van der Waals surface area contributed by atoms with Gasteiger partial charge in [-0.25, -0.2) is 18.2 Å². The number of piperidine rings is 2. The van der Waals surface area contributed by atoms with E-state index in [-0.39, 0.29) is 48.0 Å². The number of nitrogens with zero attached hydrogens (tertiary/aromatic N) is 3. The van der Waals surface area contributed by atoms with Crippen molar-refractivity contribution in [2.45, 2.75) is 43.6 Å². The zero-order chi connectivity index (χ0) is 25.5. The van der Waals surface area contributed by atoms with Crippen molar-refractivity contribution in [2.24, 2.45) is 11.8 Å². The van der Waals surface area contributed by atoms with Gasteiger partial charge in [-0.1, -0.05) is 0 Å². The van der Waals surface area contributed by atoms with Gasteiger partial charge in [-0.2, -0.15) is 5.10 Å². The lowest BCUT2D eigenvalue weighted by atomic mass is 9.87. The van der Waals surface area contributed by atoms with Gasteiger partial charge >= 0.3 is 0 Å². The number of amides is 2. The summed E-state index contributed by atoms with van der Waals surface area (Å²) in [6.07, 6.45) is 3.81. The lowest BCUT2D eigenvalue weighted by molar-refractivity contribution is -0.128. The maximum Gasteiger partial charge on any atom is 0.274 e. The smallest absolute Gasteiger partial charge is 0.274 e. The zero-order valence-corrected chi connectivity index (χ0v) is 20.0. The lowest BCUT2D eigenvalue weighted by Crippen LogP contribution is -2.53. The molecule has 3 N–H and O–H groups in total. The Hall–Kier alpha value is -3.15. The third kappa shape index (κ3) is 4.65. The van der Waals surface area contributed by atoms with Crippen LogP contribution in [-0.4, -0.2) is 76.6 Å². The number of H-pyrrole nitrogens is 1. The van der Waals surface area contributed by atoms with E-state index in [0.29, 0.717) is 38.0 Å². The van der Waals surface area contributed by atoms with Crippen molar-refractivity contribution in [3.05, 3.63) is 29.8 Å². The lowest BCUT2D eigenvalue weighted by Gasteiger charge is -2.39. The highest BCUT2D eigenvalue weighted by molar-refractivity contribution is 5.94. The molecular weight excluding hydrogens is 477 g/mol. The number of carbonyl (C=O) groups excluding carboxylic acids is 2. The summed E-state index contributed by atoms with van der Waals surface area (Å²) < 4.78 is 47.5. The average molecular weight is 507 g/mol. The van der Waals surface area contributed by atoms with E-state index in [4.69, 9.17) is 4.74 Å². The van der Waals surface area contributed by atoms with E-state index in [1.165, 1.54) is 19.2 Å². The Morgan fingerprint density at radius 2 is 2.08 bits per heavy atom. The molecule has 36 heavy (non-hydrogen) atoms. The van der Waals surface area contributed by atoms with Crippen LogP contribution in [0.4, 0.5) is 13.2 Å². The summed E-state index contributed by atoms with van der Waals surface area (Å²) >= 11 is 0. The van der Waals surface area contributed by atoms with Gasteiger partial charge in [0.2, 0.25) is 11.8 Å². The fraction of sp³-hybridized carbons (Fsp3) is 0.583. The highest BCUT2D eigenvalue weighted by atomic mass is 19.3. The molecule has 1 saturated carbocycles. The molecule has 4 heterocycles. The Morgan fingerprint density at radius 1 is 1.28 bits per heavy atom. The standard InChI is InChI=1S/C24H29F3N6O3/c1-36-20-8-16(17(25)12-29-20)18-9-19(32-31-18)22(35)33-7-3-14(10-23(33)4-5-23)21(34)30-11-15-2-6-28-13-24(15,26)27/h8-9,12,14-15,28H,2-7,10-11,13H2,1H3,(H,30,34)(H,31,32)/t14-,15-/m0/s1. The van der Waals surface area contributed by atoms with E-state index in [2.05, 4.69) is 25.8 Å². The van der Waals surface area contributed by atoms with Crippen LogP contribution < -0.4 is 15.4 Å². The van der Waals surface area contributed by atoms with Crippen molar-refractivity contribution < 1.29 is 27.5 Å². The van der Waals surface area contributed by atoms with Crippen molar-refractivity contribution in [3.63, 3.8) is 0 Å². The molecule has 2 saturated heterocycles. The van der Waals surface area contributed by atoms with Crippen molar-refractivity contribution in [2.75, 3.05) is 33.3 Å². The van der Waals surface area contributed by atoms with Crippen molar-refractivity contribution in [3.8, 4) is 17.1 Å². The summed E-state index contributed by atoms with van der Waals surface area (Å²) in [6.45, 7) is 0.454. The Morgan fingerprint density at radius 3 is 2.81 bits per heavy atom. The minimum atomic E-state index is -2.84. The van der Waals surface area contributed by atoms with Crippen LogP contribution in [0.5, 0.6) is 5.88 Å². The SMILES string of the molecule is COc1cc(-c2cc(C(=O)N3CC[C@H](C(=O)NC[C@@H]4CCNCC4(F)F)CC34CC4)n[nH]2)c(F)cn1. The molecule has 5 rings (SSSR count). The van der Waals surface area contributed by atoms with Crippen molar-refractivity contribution in [1.29, 1.82) is 0 Å². The molecule has 12 heteroatoms. The number of nitrogens with one attached hydrogen (secondary N) is 3. The second-order valence-corrected chi connectivity index (χ2v) is 9.91. The van der Waals surface area contributed by atoms with E-state index >= 15 is 0 Å². The number of carbonyl (C=O) groups is 2. The van der Waals surface area contributed by atoms with E-state index in [1.807, 2.05) is 0 Å². The summed E-state index contributed by atoms with van der Waals surface area (Å²) in [7, 11) is 1.42. The molecule has 0 bridgehead atoms. The van der Waals surface area contributed by atoms with Gasteiger partial charge in [0.15, 0.2) is 11.5 Å². The fourth-order valence-electron chi connectivity index (χ4n) is 5.30. The Kier molecular flexibility index (Phi) is 6.39. The molecule has 2 atom stereocenters. The first-order valence-electron chi connectivity index (χ1n) is 12.2. The van der Waals surface area contributed by atoms with Gasteiger partial charge in [-0.05, 0) is 44.7 Å². The monoisotopic (exact) mass is 506 g/mol. The number of pyridine rings is 1. The van der Waals surface area contributed by atoms with Crippen LogP contribution in [0.3, 0.4) is 0 Å². The first-order valence-corrected chi connectivity index (χ1v) is 12.2. The fourth-order valence-corrected chi connectivity index (χ4v) is 5.30. The minimum absolute atomic E-state index is 0.0495. The van der Waals surface area contributed by atoms with Gasteiger partial charge in [0, 0.05) is 42.1 Å². The second-order valence-electron chi connectivity index (χ2n) is 9.91. The van der Waals surface area contributed by atoms with Crippen LogP contribution in [0.2, 0.25) is 0 Å². The third-order valence-electron chi connectivity index (χ3n) is 7.62. The summed E-state index contributed by atoms with van der Waals surface area (Å²) in [5, 5.41) is 12.2. The van der Waals surface area contributed by atoms with Gasteiger partial charge in [0.05, 0.1) is 25.5 Å². The summed E-state index contributed by atoms with van der Waals surface area (Å²) in [6, 6.07) is 2.91. The summed E-state index contributed by atoms with van der Waals surface area (Å²) in [5.74, 6) is -4.91. The van der Waals surface area contributed by atoms with E-state index < -0.39 is 23.2 Å². The molecule has 1 aliphatic carbocycles. The third-order valence-corrected chi connectivity index (χ3v) is 7.62. The van der Waals surface area contributed by atoms with Crippen LogP contribution in [0.25, 0.3) is 11.3 Å². The molecule has 2 aliphatic heterocycles. The minimum Gasteiger partial charge on any atom is -0.481 e. The van der Waals surface area contributed by atoms with E-state index in [0.717, 1.165) is 19.0 Å². The molecule has 194 valence electrons. The van der Waals surface area contributed by atoms with Gasteiger partial charge in [0.25, 0.3) is 11.8 Å². The number of alkyl halides is 2. The van der Waals surface area contributed by atoms with Gasteiger partial charge in [-0.15, -0.1) is 0 Å². The van der Waals surface area contributed by atoms with Gasteiger partial charge in [-0.3, -0.25) is 14.7 Å². The summed E-state index contributed by atoms with van der Waals surface area (Å²) in [5.41, 5.74) is 0.234. The highest BCUT2D eigenvalue weighted by Crippen LogP contribution is 2.50. The summed E-state index contributed by atoms with van der Waals surface area (Å²) in [4.78, 5) is 31.7. The quantitative estimate of drug-likeness (QED) is 0.555. The van der Waals surface area contributed by atoms with Crippen LogP contribution in [0.1, 0.15) is 42.6 Å². The van der Waals surface area contributed by atoms with E-state index in [9.17, 15) is 22.8 Å². The molecule has 3 aliphatic rings. The number of aromatic amines is 1. The molecule has 1 spiro atoms. The number of aromatic nitrogens is 3. The molecule has 2 aromatic heterocycles. The number of hydrogen-bond acceptors (Lipinski definition) is 6. The Balaban J connectivity index is 1.22. The first-order chi connectivity index (χ1) is 17.2. The molecule has 0 radical (unpaired) electrons. The maximum atomic E-state index is 14.3. The molecular formula is C24H29F3N6O3. The molecule has 2 aromatic rings. The Bertz CT molecular complexity index is 1150. The van der Waals surface area contributed by atoms with Gasteiger partial charge in [0.1, 0.15) is 0 Å². The number of halogens is 3. The number of likely N-dealkylation sites (tertiary alicyclic amines) is 1. The number of rotatable bonds is 6. The second kappa shape index (κ2) is 9.38. The number of methoxy groups -OCH3 is 1. The largest absolute Gasteiger partial charge is 0.481 e. The highest BCUT2D eigenvalue weighted by Gasteiger charge is 2.55. The van der Waals surface area contributed by atoms with E-state index in [1.54, 1.807) is 4.90 Å². The number of ether oxygens (including phenoxy) is 1. The molecule has 0 unspecified atom stereocenters. The molecule has 0 aromatic carbocycles. The molecule has 2 amide bonds. The number of hydrogen-bond donors (Lipinski definition) is 3. The normalized spacial score (nSPS) is 24.4. The van der Waals surface area contributed by atoms with Crippen LogP contribution >= 0.6 is 0 Å². The predicted octanol–water partition coefficient (Wildman–Crippen LogP) is 2.37. The van der Waals surface area contributed by atoms with Crippen molar-refractivity contribution in [1.82, 2.24) is 30.7 Å². The molecule has 9 nitrogen and oxygen atoms in total. The zero-order valence-electron chi connectivity index (χ0n) is 20.0. The average Bonchev–Trinajstić information content (AvgIpc) is 3.44. The first kappa shape index (κ1) is 24.5. The van der Waals surface area contributed by atoms with Gasteiger partial charge < -0.3 is 20.3 Å². The van der Waals surface area contributed by atoms with Crippen LogP contribution in [-0.2, 0) is 4.79 Å². The Labute approximate surface area is 206 Å². The predicted molar refractivity (Wildman–Crippen MR) is 123 cm³/mol. The maximum absolute atomic E-state index is 14.3. The van der Waals surface area contributed by atoms with Crippen LogP contribution in [0, 0.1) is 17.7 Å². The van der Waals surface area contributed by atoms with Crippen LogP contribution in [0.15, 0.2) is 18.3 Å².